The Morgan fingerprint density at radius 1 is 1.03 bits per heavy atom. The molecule has 0 radical (unpaired) electrons. The molecule has 1 saturated heterocycles. The average Bonchev–Trinajstić information content (AvgIpc) is 2.70. The van der Waals surface area contributed by atoms with Crippen molar-refractivity contribution in [2.45, 2.75) is 40.5 Å². The van der Waals surface area contributed by atoms with E-state index in [1.807, 2.05) is 49.9 Å². The van der Waals surface area contributed by atoms with Crippen LogP contribution in [0.4, 0.5) is 16.3 Å². The summed E-state index contributed by atoms with van der Waals surface area (Å²) in [6, 6.07) is 7.25. The van der Waals surface area contributed by atoms with Gasteiger partial charge in [-0.2, -0.15) is 0 Å². The molecule has 2 aromatic rings. The Labute approximate surface area is 184 Å². The van der Waals surface area contributed by atoms with Gasteiger partial charge in [0.1, 0.15) is 11.6 Å². The first-order chi connectivity index (χ1) is 14.7. The highest BCUT2D eigenvalue weighted by Crippen LogP contribution is 2.19. The van der Waals surface area contributed by atoms with E-state index in [0.29, 0.717) is 5.69 Å². The van der Waals surface area contributed by atoms with Crippen molar-refractivity contribution >= 4 is 23.4 Å². The van der Waals surface area contributed by atoms with Crippen LogP contribution in [-0.2, 0) is 4.79 Å². The Morgan fingerprint density at radius 3 is 2.39 bits per heavy atom. The zero-order valence-corrected chi connectivity index (χ0v) is 19.0. The molecule has 2 N–H and O–H groups in total. The van der Waals surface area contributed by atoms with Crippen LogP contribution in [-0.4, -0.2) is 59.5 Å². The monoisotopic (exact) mass is 424 g/mol. The van der Waals surface area contributed by atoms with Crippen molar-refractivity contribution in [2.75, 3.05) is 42.9 Å². The van der Waals surface area contributed by atoms with E-state index in [2.05, 4.69) is 34.4 Å². The highest BCUT2D eigenvalue weighted by molar-refractivity contribution is 6.02. The molecule has 8 nitrogen and oxygen atoms in total. The van der Waals surface area contributed by atoms with E-state index >= 15 is 0 Å². The molecule has 3 rings (SSSR count). The number of rotatable bonds is 5. The maximum absolute atomic E-state index is 12.3. The van der Waals surface area contributed by atoms with E-state index in [9.17, 15) is 9.59 Å². The van der Waals surface area contributed by atoms with Crippen LogP contribution in [0.3, 0.4) is 0 Å². The van der Waals surface area contributed by atoms with Gasteiger partial charge in [-0.3, -0.25) is 15.0 Å². The smallest absolute Gasteiger partial charge is 0.325 e. The van der Waals surface area contributed by atoms with E-state index in [1.54, 1.807) is 0 Å². The molecule has 3 amide bonds. The molecule has 8 heteroatoms. The summed E-state index contributed by atoms with van der Waals surface area (Å²) in [5.74, 6) is 1.76. The minimum Gasteiger partial charge on any atom is -0.354 e. The average molecular weight is 425 g/mol. The summed E-state index contributed by atoms with van der Waals surface area (Å²) in [6.07, 6.45) is 0. The number of hydrogen-bond donors (Lipinski definition) is 2. The molecule has 166 valence electrons. The minimum absolute atomic E-state index is 0.189. The number of aryl methyl sites for hydroxylation is 3. The number of benzene rings is 1. The second kappa shape index (κ2) is 9.87. The van der Waals surface area contributed by atoms with Gasteiger partial charge in [0.25, 0.3) is 0 Å². The normalized spacial score (nSPS) is 14.6. The van der Waals surface area contributed by atoms with Gasteiger partial charge >= 0.3 is 6.03 Å². The maximum Gasteiger partial charge on any atom is 0.325 e. The fourth-order valence-electron chi connectivity index (χ4n) is 3.61. The fraction of sp³-hybridized carbons (Fsp3) is 0.478. The van der Waals surface area contributed by atoms with Gasteiger partial charge in [0.2, 0.25) is 5.91 Å². The third-order valence-electron chi connectivity index (χ3n) is 5.32. The molecular formula is C23H32N6O2. The van der Waals surface area contributed by atoms with E-state index in [0.717, 1.165) is 54.6 Å². The second-order valence-corrected chi connectivity index (χ2v) is 8.46. The van der Waals surface area contributed by atoms with Crippen molar-refractivity contribution in [3.63, 3.8) is 0 Å². The Hall–Kier alpha value is -3.00. The summed E-state index contributed by atoms with van der Waals surface area (Å²) >= 11 is 0. The van der Waals surface area contributed by atoms with E-state index in [4.69, 9.17) is 4.98 Å². The highest BCUT2D eigenvalue weighted by atomic mass is 16.2. The van der Waals surface area contributed by atoms with Crippen molar-refractivity contribution in [2.24, 2.45) is 0 Å². The summed E-state index contributed by atoms with van der Waals surface area (Å²) in [4.78, 5) is 38.0. The van der Waals surface area contributed by atoms with Crippen LogP contribution in [0.15, 0.2) is 24.3 Å². The standard InChI is InChI=1S/C23H32N6O2/c1-15(2)22-24-18(5)13-20(26-22)29-10-8-28(9-11-29)14-21(30)27-23(31)25-19-7-6-16(3)12-17(19)4/h6-7,12-13,15H,8-11,14H2,1-5H3,(H2,25,27,30,31). The number of imide groups is 1. The van der Waals surface area contributed by atoms with Crippen LogP contribution in [0.2, 0.25) is 0 Å². The lowest BCUT2D eigenvalue weighted by molar-refractivity contribution is -0.121. The molecule has 1 aliphatic rings. The number of nitrogens with zero attached hydrogens (tertiary/aromatic N) is 4. The van der Waals surface area contributed by atoms with Crippen LogP contribution in [0.5, 0.6) is 0 Å². The van der Waals surface area contributed by atoms with Crippen molar-refractivity contribution in [3.05, 3.63) is 46.9 Å². The lowest BCUT2D eigenvalue weighted by atomic mass is 10.1. The van der Waals surface area contributed by atoms with Crippen molar-refractivity contribution in [3.8, 4) is 0 Å². The Kier molecular flexibility index (Phi) is 7.22. The summed E-state index contributed by atoms with van der Waals surface area (Å²) in [6.45, 7) is 13.3. The van der Waals surface area contributed by atoms with E-state index in [-0.39, 0.29) is 18.4 Å². The van der Waals surface area contributed by atoms with Gasteiger partial charge in [0.05, 0.1) is 6.54 Å². The number of hydrogen-bond acceptors (Lipinski definition) is 6. The van der Waals surface area contributed by atoms with Crippen molar-refractivity contribution in [1.29, 1.82) is 0 Å². The lowest BCUT2D eigenvalue weighted by Crippen LogP contribution is -2.50. The quantitative estimate of drug-likeness (QED) is 0.767. The molecular weight excluding hydrogens is 392 g/mol. The van der Waals surface area contributed by atoms with Gasteiger partial charge in [-0.05, 0) is 32.4 Å². The number of anilines is 2. The van der Waals surface area contributed by atoms with Crippen LogP contribution >= 0.6 is 0 Å². The van der Waals surface area contributed by atoms with Gasteiger partial charge in [0.15, 0.2) is 0 Å². The molecule has 0 saturated carbocycles. The molecule has 0 unspecified atom stereocenters. The molecule has 2 heterocycles. The van der Waals surface area contributed by atoms with Gasteiger partial charge in [-0.15, -0.1) is 0 Å². The van der Waals surface area contributed by atoms with Crippen molar-refractivity contribution < 1.29 is 9.59 Å². The third kappa shape index (κ3) is 6.24. The Bertz CT molecular complexity index is 951. The van der Waals surface area contributed by atoms with Crippen LogP contribution in [0.25, 0.3) is 0 Å². The molecule has 0 bridgehead atoms. The molecule has 1 aromatic heterocycles. The number of amides is 3. The molecule has 31 heavy (non-hydrogen) atoms. The Morgan fingerprint density at radius 2 is 1.74 bits per heavy atom. The SMILES string of the molecule is Cc1ccc(NC(=O)NC(=O)CN2CCN(c3cc(C)nc(C(C)C)n3)CC2)c(C)c1. The summed E-state index contributed by atoms with van der Waals surface area (Å²) in [5.41, 5.74) is 3.74. The zero-order valence-electron chi connectivity index (χ0n) is 19.0. The van der Waals surface area contributed by atoms with Crippen LogP contribution < -0.4 is 15.5 Å². The first-order valence-corrected chi connectivity index (χ1v) is 10.7. The molecule has 0 aliphatic carbocycles. The van der Waals surface area contributed by atoms with Gasteiger partial charge in [-0.25, -0.2) is 14.8 Å². The second-order valence-electron chi connectivity index (χ2n) is 8.46. The van der Waals surface area contributed by atoms with Gasteiger partial charge in [0, 0.05) is 49.5 Å². The fourth-order valence-corrected chi connectivity index (χ4v) is 3.61. The predicted octanol–water partition coefficient (Wildman–Crippen LogP) is 3.00. The number of piperazine rings is 1. The maximum atomic E-state index is 12.3. The predicted molar refractivity (Wildman–Crippen MR) is 123 cm³/mol. The van der Waals surface area contributed by atoms with Gasteiger partial charge in [-0.1, -0.05) is 31.5 Å². The first kappa shape index (κ1) is 22.7. The van der Waals surface area contributed by atoms with E-state index < -0.39 is 6.03 Å². The largest absolute Gasteiger partial charge is 0.354 e. The van der Waals surface area contributed by atoms with Crippen LogP contribution in [0.1, 0.15) is 42.4 Å². The first-order valence-electron chi connectivity index (χ1n) is 10.7. The van der Waals surface area contributed by atoms with Crippen molar-refractivity contribution in [1.82, 2.24) is 20.2 Å². The molecule has 0 spiro atoms. The summed E-state index contributed by atoms with van der Waals surface area (Å²) < 4.78 is 0. The number of carbonyl (C=O) groups excluding carboxylic acids is 2. The zero-order chi connectivity index (χ0) is 22.5. The molecule has 1 aliphatic heterocycles. The number of carbonyl (C=O) groups is 2. The topological polar surface area (TPSA) is 90.5 Å². The minimum atomic E-state index is -0.506. The number of urea groups is 1. The third-order valence-corrected chi connectivity index (χ3v) is 5.32. The number of nitrogens with one attached hydrogen (secondary N) is 2. The summed E-state index contributed by atoms with van der Waals surface area (Å²) in [7, 11) is 0. The Balaban J connectivity index is 1.48. The summed E-state index contributed by atoms with van der Waals surface area (Å²) in [5, 5.41) is 5.16. The highest BCUT2D eigenvalue weighted by Gasteiger charge is 2.22. The van der Waals surface area contributed by atoms with Gasteiger partial charge < -0.3 is 10.2 Å². The number of aromatic nitrogens is 2. The molecule has 1 aromatic carbocycles. The van der Waals surface area contributed by atoms with Crippen LogP contribution in [0, 0.1) is 20.8 Å². The van der Waals surface area contributed by atoms with E-state index in [1.165, 1.54) is 0 Å². The molecule has 0 atom stereocenters. The molecule has 1 fully saturated rings. The lowest BCUT2D eigenvalue weighted by Gasteiger charge is -2.35.